The van der Waals surface area contributed by atoms with Crippen LogP contribution in [-0.2, 0) is 19.1 Å². The van der Waals surface area contributed by atoms with Crippen LogP contribution in [0.1, 0.15) is 194 Å². The van der Waals surface area contributed by atoms with Gasteiger partial charge in [0.2, 0.25) is 0 Å². The van der Waals surface area contributed by atoms with Crippen molar-refractivity contribution in [3.63, 3.8) is 0 Å². The van der Waals surface area contributed by atoms with Gasteiger partial charge in [-0.3, -0.25) is 0 Å². The Labute approximate surface area is 300 Å². The van der Waals surface area contributed by atoms with Crippen molar-refractivity contribution in [3.05, 3.63) is 0 Å². The summed E-state index contributed by atoms with van der Waals surface area (Å²) in [7, 11) is 8.28. The third-order valence-electron chi connectivity index (χ3n) is 9.95. The molecule has 0 aromatic heterocycles. The summed E-state index contributed by atoms with van der Waals surface area (Å²) in [5.41, 5.74) is 0. The first-order valence-corrected chi connectivity index (χ1v) is 21.1. The average Bonchev–Trinajstić information content (AvgIpc) is 3.03. The molecule has 0 aliphatic carbocycles. The molecule has 0 saturated carbocycles. The molecule has 0 radical (unpaired) electrons. The predicted octanol–water partition coefficient (Wildman–Crippen LogP) is 11.2. The van der Waals surface area contributed by atoms with Crippen LogP contribution in [0, 0.1) is 0 Å². The summed E-state index contributed by atoms with van der Waals surface area (Å²) in [6.07, 6.45) is 37.1. The van der Waals surface area contributed by atoms with Gasteiger partial charge in [0.15, 0.2) is 13.1 Å². The summed E-state index contributed by atoms with van der Waals surface area (Å²) in [6, 6.07) is 0. The number of unbranched alkanes of at least 4 members (excludes halogenated alkanes) is 26. The molecular weight excluding hydrogens is 596 g/mol. The van der Waals surface area contributed by atoms with Crippen molar-refractivity contribution in [3.8, 4) is 0 Å². The third-order valence-corrected chi connectivity index (χ3v) is 9.95. The Kier molecular flexibility index (Phi) is 32.2. The van der Waals surface area contributed by atoms with Gasteiger partial charge in [-0.15, -0.1) is 0 Å². The SMILES string of the molecule is CCCCCCCCCCCCCCCCOC(=O)C[N+](C)(C)CC[N+](C)(C)CC(=O)OCCCCCCCCCCCCCCCC. The Balaban J connectivity index is 3.73. The second kappa shape index (κ2) is 33.0. The summed E-state index contributed by atoms with van der Waals surface area (Å²) in [5.74, 6) is -0.236. The molecule has 0 fully saturated rings. The van der Waals surface area contributed by atoms with E-state index in [2.05, 4.69) is 42.0 Å². The molecule has 0 aromatic carbocycles. The number of likely N-dealkylation sites (N-methyl/N-ethyl adjacent to an activating group) is 2. The maximum Gasteiger partial charge on any atom is 0.361 e. The lowest BCUT2D eigenvalue weighted by Crippen LogP contribution is -2.54. The summed E-state index contributed by atoms with van der Waals surface area (Å²) in [4.78, 5) is 25.0. The Bertz CT molecular complexity index is 664. The van der Waals surface area contributed by atoms with Gasteiger partial charge < -0.3 is 18.4 Å². The monoisotopic (exact) mass is 683 g/mol. The molecule has 6 heteroatoms. The lowest BCUT2D eigenvalue weighted by atomic mass is 10.0. The molecule has 0 saturated heterocycles. The van der Waals surface area contributed by atoms with E-state index in [1.165, 1.54) is 154 Å². The molecule has 0 aromatic rings. The first-order valence-electron chi connectivity index (χ1n) is 21.1. The minimum atomic E-state index is -0.118. The summed E-state index contributed by atoms with van der Waals surface area (Å²) >= 11 is 0. The average molecular weight is 683 g/mol. The number of carbonyl (C=O) groups excluding carboxylic acids is 2. The van der Waals surface area contributed by atoms with Crippen LogP contribution in [-0.4, -0.2) is 88.5 Å². The normalized spacial score (nSPS) is 12.0. The van der Waals surface area contributed by atoms with Crippen LogP contribution in [0.4, 0.5) is 0 Å². The molecule has 0 heterocycles. The third kappa shape index (κ3) is 34.7. The van der Waals surface area contributed by atoms with Crippen molar-refractivity contribution in [1.29, 1.82) is 0 Å². The number of carbonyl (C=O) groups is 2. The molecule has 0 aliphatic heterocycles. The zero-order valence-corrected chi connectivity index (χ0v) is 33.6. The topological polar surface area (TPSA) is 52.6 Å². The van der Waals surface area contributed by atoms with Gasteiger partial charge in [0.25, 0.3) is 0 Å². The van der Waals surface area contributed by atoms with Crippen molar-refractivity contribution in [1.82, 2.24) is 0 Å². The van der Waals surface area contributed by atoms with Gasteiger partial charge in [0.1, 0.15) is 13.1 Å². The summed E-state index contributed by atoms with van der Waals surface area (Å²) in [6.45, 7) is 7.94. The number of rotatable bonds is 37. The minimum absolute atomic E-state index is 0.118. The van der Waals surface area contributed by atoms with Gasteiger partial charge in [-0.2, -0.15) is 0 Å². The van der Waals surface area contributed by atoms with E-state index in [0.29, 0.717) is 35.3 Å². The molecule has 286 valence electrons. The lowest BCUT2D eigenvalue weighted by molar-refractivity contribution is -0.939. The second-order valence-corrected chi connectivity index (χ2v) is 16.3. The fraction of sp³-hybridized carbons (Fsp3) is 0.952. The predicted molar refractivity (Wildman–Crippen MR) is 206 cm³/mol. The molecular formula is C42H86N2O4+2. The Morgan fingerprint density at radius 3 is 0.792 bits per heavy atom. The maximum absolute atomic E-state index is 12.5. The summed E-state index contributed by atoms with van der Waals surface area (Å²) < 4.78 is 12.3. The van der Waals surface area contributed by atoms with Crippen molar-refractivity contribution in [2.75, 3.05) is 67.6 Å². The summed E-state index contributed by atoms with van der Waals surface area (Å²) in [5, 5.41) is 0. The van der Waals surface area contributed by atoms with Gasteiger partial charge in [0.05, 0.1) is 41.4 Å². The minimum Gasteiger partial charge on any atom is -0.462 e. The van der Waals surface area contributed by atoms with Crippen molar-refractivity contribution < 1.29 is 28.0 Å². The standard InChI is InChI=1S/C42H86N2O4/c1-7-9-11-13-15-17-19-21-23-25-27-29-31-33-37-47-41(45)39-43(3,4)35-36-44(5,6)40-42(46)48-38-34-32-30-28-26-24-22-20-18-16-14-12-10-8-2/h7-40H2,1-6H3/q+2. The molecule has 0 unspecified atom stereocenters. The molecule has 48 heavy (non-hydrogen) atoms. The molecule has 0 rings (SSSR count). The van der Waals surface area contributed by atoms with E-state index in [-0.39, 0.29) is 11.9 Å². The van der Waals surface area contributed by atoms with Gasteiger partial charge in [-0.05, 0) is 12.8 Å². The first-order chi connectivity index (χ1) is 23.1. The highest BCUT2D eigenvalue weighted by Gasteiger charge is 2.28. The fourth-order valence-corrected chi connectivity index (χ4v) is 6.46. The molecule has 0 bridgehead atoms. The molecule has 0 spiro atoms. The number of esters is 2. The highest BCUT2D eigenvalue weighted by Crippen LogP contribution is 2.15. The van der Waals surface area contributed by atoms with E-state index in [4.69, 9.17) is 9.47 Å². The van der Waals surface area contributed by atoms with E-state index in [0.717, 1.165) is 38.8 Å². The highest BCUT2D eigenvalue weighted by atomic mass is 16.5. The fourth-order valence-electron chi connectivity index (χ4n) is 6.46. The van der Waals surface area contributed by atoms with Crippen LogP contribution in [0.2, 0.25) is 0 Å². The molecule has 0 atom stereocenters. The van der Waals surface area contributed by atoms with E-state index in [9.17, 15) is 9.59 Å². The highest BCUT2D eigenvalue weighted by molar-refractivity contribution is 5.70. The van der Waals surface area contributed by atoms with Crippen LogP contribution in [0.3, 0.4) is 0 Å². The van der Waals surface area contributed by atoms with Crippen LogP contribution in [0.5, 0.6) is 0 Å². The Morgan fingerprint density at radius 1 is 0.354 bits per heavy atom. The zero-order valence-electron chi connectivity index (χ0n) is 33.6. The van der Waals surface area contributed by atoms with Crippen LogP contribution in [0.15, 0.2) is 0 Å². The first kappa shape index (κ1) is 46.9. The van der Waals surface area contributed by atoms with E-state index in [1.54, 1.807) is 0 Å². The quantitative estimate of drug-likeness (QED) is 0.0372. The van der Waals surface area contributed by atoms with Gasteiger partial charge >= 0.3 is 11.9 Å². The molecule has 6 nitrogen and oxygen atoms in total. The number of hydrogen-bond acceptors (Lipinski definition) is 4. The number of hydrogen-bond donors (Lipinski definition) is 0. The molecule has 0 N–H and O–H groups in total. The largest absolute Gasteiger partial charge is 0.462 e. The molecule has 0 aliphatic rings. The number of ether oxygens (including phenoxy) is 2. The number of nitrogens with zero attached hydrogens (tertiary/aromatic N) is 2. The lowest BCUT2D eigenvalue weighted by Gasteiger charge is -2.34. The number of quaternary nitrogens is 2. The van der Waals surface area contributed by atoms with Crippen molar-refractivity contribution in [2.45, 2.75) is 194 Å². The van der Waals surface area contributed by atoms with E-state index in [1.807, 2.05) is 0 Å². The second-order valence-electron chi connectivity index (χ2n) is 16.3. The smallest absolute Gasteiger partial charge is 0.361 e. The zero-order chi connectivity index (χ0) is 35.6. The van der Waals surface area contributed by atoms with Crippen LogP contribution < -0.4 is 0 Å². The van der Waals surface area contributed by atoms with Gasteiger partial charge in [-0.1, -0.05) is 181 Å². The van der Waals surface area contributed by atoms with Gasteiger partial charge in [0, 0.05) is 0 Å². The van der Waals surface area contributed by atoms with Crippen LogP contribution >= 0.6 is 0 Å². The van der Waals surface area contributed by atoms with Crippen LogP contribution in [0.25, 0.3) is 0 Å². The maximum atomic E-state index is 12.5. The van der Waals surface area contributed by atoms with E-state index >= 15 is 0 Å². The Morgan fingerprint density at radius 2 is 0.562 bits per heavy atom. The van der Waals surface area contributed by atoms with Gasteiger partial charge in [-0.25, -0.2) is 9.59 Å². The van der Waals surface area contributed by atoms with E-state index < -0.39 is 0 Å². The van der Waals surface area contributed by atoms with Crippen molar-refractivity contribution in [2.24, 2.45) is 0 Å². The molecule has 0 amide bonds. The Hall–Kier alpha value is -1.14. The van der Waals surface area contributed by atoms with Crippen molar-refractivity contribution >= 4 is 11.9 Å².